The van der Waals surface area contributed by atoms with E-state index >= 15 is 0 Å². The monoisotopic (exact) mass is 254 g/mol. The molecule has 0 aliphatic heterocycles. The number of halogens is 3. The zero-order valence-electron chi connectivity index (χ0n) is 9.83. The van der Waals surface area contributed by atoms with Crippen molar-refractivity contribution >= 4 is 11.9 Å². The Morgan fingerprint density at radius 1 is 1.18 bits per heavy atom. The zero-order valence-corrected chi connectivity index (χ0v) is 9.83. The van der Waals surface area contributed by atoms with Crippen molar-refractivity contribution in [3.63, 3.8) is 0 Å². The molecule has 5 nitrogen and oxygen atoms in total. The summed E-state index contributed by atoms with van der Waals surface area (Å²) in [7, 11) is 4.85. The first kappa shape index (κ1) is 15.3. The van der Waals surface area contributed by atoms with Crippen LogP contribution in [0.1, 0.15) is 0 Å². The molecular formula is C9H13F3N2O3. The molecule has 0 bridgehead atoms. The lowest BCUT2D eigenvalue weighted by atomic mass is 10.3. The summed E-state index contributed by atoms with van der Waals surface area (Å²) in [5, 5.41) is 0. The molecular weight excluding hydrogens is 241 g/mol. The smallest absolute Gasteiger partial charge is 0.464 e. The van der Waals surface area contributed by atoms with E-state index < -0.39 is 23.7 Å². The summed E-state index contributed by atoms with van der Waals surface area (Å²) >= 11 is 0. The lowest BCUT2D eigenvalue weighted by molar-refractivity contribution is -0.183. The summed E-state index contributed by atoms with van der Waals surface area (Å²) in [6, 6.07) is 0. The van der Waals surface area contributed by atoms with Crippen molar-refractivity contribution in [3.05, 3.63) is 11.9 Å². The Balaban J connectivity index is 5.22. The summed E-state index contributed by atoms with van der Waals surface area (Å²) < 4.78 is 40.8. The van der Waals surface area contributed by atoms with Gasteiger partial charge in [0.2, 0.25) is 0 Å². The van der Waals surface area contributed by atoms with E-state index in [-0.39, 0.29) is 4.90 Å². The van der Waals surface area contributed by atoms with Crippen molar-refractivity contribution in [1.82, 2.24) is 9.80 Å². The van der Waals surface area contributed by atoms with E-state index in [0.29, 0.717) is 0 Å². The van der Waals surface area contributed by atoms with E-state index in [9.17, 15) is 22.8 Å². The number of carbonyl (C=O) groups excluding carboxylic acids is 2. The Hall–Kier alpha value is -1.73. The maximum atomic E-state index is 12.2. The molecule has 0 saturated carbocycles. The van der Waals surface area contributed by atoms with Crippen LogP contribution in [0.5, 0.6) is 0 Å². The second-order valence-corrected chi connectivity index (χ2v) is 3.33. The topological polar surface area (TPSA) is 49.9 Å². The lowest BCUT2D eigenvalue weighted by Crippen LogP contribution is -2.40. The molecule has 0 aliphatic rings. The van der Waals surface area contributed by atoms with Crippen molar-refractivity contribution in [3.8, 4) is 0 Å². The Bertz CT molecular complexity index is 337. The van der Waals surface area contributed by atoms with E-state index in [1.807, 2.05) is 0 Å². The average Bonchev–Trinajstić information content (AvgIpc) is 2.21. The third-order valence-corrected chi connectivity index (χ3v) is 1.68. The van der Waals surface area contributed by atoms with Crippen LogP contribution in [0.2, 0.25) is 0 Å². The zero-order chi connectivity index (χ0) is 13.8. The van der Waals surface area contributed by atoms with Crippen LogP contribution in [0, 0.1) is 0 Å². The SMILES string of the molecule is COC(=O)/C(=C/N(C)C)N(C)C(=O)C(F)(F)F. The molecule has 0 atom stereocenters. The number of methoxy groups -OCH3 is 1. The Labute approximate surface area is 96.4 Å². The maximum absolute atomic E-state index is 12.2. The van der Waals surface area contributed by atoms with Crippen molar-refractivity contribution < 1.29 is 27.5 Å². The normalized spacial score (nSPS) is 12.1. The number of rotatable bonds is 3. The molecule has 98 valence electrons. The standard InChI is InChI=1S/C9H13F3N2O3/c1-13(2)5-6(7(15)17-4)14(3)8(16)9(10,11)12/h5H,1-4H3/b6-5-. The molecule has 17 heavy (non-hydrogen) atoms. The van der Waals surface area contributed by atoms with Crippen molar-refractivity contribution in [2.75, 3.05) is 28.3 Å². The Morgan fingerprint density at radius 3 is 1.94 bits per heavy atom. The van der Waals surface area contributed by atoms with E-state index in [1.54, 1.807) is 0 Å². The largest absolute Gasteiger partial charge is 0.471 e. The van der Waals surface area contributed by atoms with Gasteiger partial charge in [-0.05, 0) is 0 Å². The van der Waals surface area contributed by atoms with Crippen LogP contribution in [0.15, 0.2) is 11.9 Å². The van der Waals surface area contributed by atoms with E-state index in [0.717, 1.165) is 20.4 Å². The molecule has 0 spiro atoms. The number of amides is 1. The van der Waals surface area contributed by atoms with E-state index in [1.165, 1.54) is 19.0 Å². The van der Waals surface area contributed by atoms with Gasteiger partial charge in [0, 0.05) is 27.3 Å². The number of hydrogen-bond acceptors (Lipinski definition) is 4. The fourth-order valence-electron chi connectivity index (χ4n) is 0.925. The molecule has 8 heteroatoms. The molecule has 0 aromatic heterocycles. The van der Waals surface area contributed by atoms with Crippen LogP contribution in [0.3, 0.4) is 0 Å². The average molecular weight is 254 g/mol. The minimum atomic E-state index is -5.05. The van der Waals surface area contributed by atoms with Gasteiger partial charge in [-0.25, -0.2) is 4.79 Å². The Kier molecular flexibility index (Phi) is 4.99. The third kappa shape index (κ3) is 4.33. The first-order chi connectivity index (χ1) is 7.61. The first-order valence-corrected chi connectivity index (χ1v) is 4.42. The molecule has 0 aromatic rings. The number of carbonyl (C=O) groups is 2. The predicted octanol–water partition coefficient (Wildman–Crippen LogP) is 0.583. The summed E-state index contributed by atoms with van der Waals surface area (Å²) in [6.45, 7) is 0. The minimum absolute atomic E-state index is 0.200. The molecule has 0 aliphatic carbocycles. The third-order valence-electron chi connectivity index (χ3n) is 1.68. The highest BCUT2D eigenvalue weighted by Gasteiger charge is 2.43. The molecule has 0 radical (unpaired) electrons. The number of esters is 1. The van der Waals surface area contributed by atoms with Gasteiger partial charge < -0.3 is 14.5 Å². The Morgan fingerprint density at radius 2 is 1.65 bits per heavy atom. The molecule has 0 N–H and O–H groups in total. The highest BCUT2D eigenvalue weighted by atomic mass is 19.4. The van der Waals surface area contributed by atoms with Gasteiger partial charge in [0.1, 0.15) is 5.70 Å². The van der Waals surface area contributed by atoms with Crippen LogP contribution in [-0.2, 0) is 14.3 Å². The second-order valence-electron chi connectivity index (χ2n) is 3.33. The van der Waals surface area contributed by atoms with Gasteiger partial charge >= 0.3 is 18.1 Å². The molecule has 0 saturated heterocycles. The first-order valence-electron chi connectivity index (χ1n) is 4.42. The van der Waals surface area contributed by atoms with Crippen LogP contribution in [-0.4, -0.2) is 56.1 Å². The van der Waals surface area contributed by atoms with E-state index in [2.05, 4.69) is 4.74 Å². The van der Waals surface area contributed by atoms with Crippen molar-refractivity contribution in [2.45, 2.75) is 6.18 Å². The fourth-order valence-corrected chi connectivity index (χ4v) is 0.925. The molecule has 0 rings (SSSR count). The molecule has 0 fully saturated rings. The van der Waals surface area contributed by atoms with Gasteiger partial charge in [0.25, 0.3) is 0 Å². The van der Waals surface area contributed by atoms with Gasteiger partial charge in [-0.1, -0.05) is 0 Å². The van der Waals surface area contributed by atoms with E-state index in [4.69, 9.17) is 0 Å². The lowest BCUT2D eigenvalue weighted by Gasteiger charge is -2.21. The molecule has 0 aromatic carbocycles. The van der Waals surface area contributed by atoms with Crippen molar-refractivity contribution in [2.24, 2.45) is 0 Å². The second kappa shape index (κ2) is 5.55. The van der Waals surface area contributed by atoms with Gasteiger partial charge in [-0.15, -0.1) is 0 Å². The minimum Gasteiger partial charge on any atom is -0.464 e. The predicted molar refractivity (Wildman–Crippen MR) is 52.6 cm³/mol. The molecule has 0 unspecified atom stereocenters. The number of ether oxygens (including phenoxy) is 1. The molecule has 1 amide bonds. The highest BCUT2D eigenvalue weighted by Crippen LogP contribution is 2.20. The van der Waals surface area contributed by atoms with Crippen LogP contribution in [0.25, 0.3) is 0 Å². The van der Waals surface area contributed by atoms with Gasteiger partial charge in [0.05, 0.1) is 7.11 Å². The number of hydrogen-bond donors (Lipinski definition) is 0. The maximum Gasteiger partial charge on any atom is 0.471 e. The molecule has 0 heterocycles. The fraction of sp³-hybridized carbons (Fsp3) is 0.556. The summed E-state index contributed by atoms with van der Waals surface area (Å²) in [5.74, 6) is -3.17. The van der Waals surface area contributed by atoms with Crippen LogP contribution in [0.4, 0.5) is 13.2 Å². The van der Waals surface area contributed by atoms with Crippen LogP contribution >= 0.6 is 0 Å². The van der Waals surface area contributed by atoms with Gasteiger partial charge in [0.15, 0.2) is 0 Å². The summed E-state index contributed by atoms with van der Waals surface area (Å²) in [4.78, 5) is 23.7. The summed E-state index contributed by atoms with van der Waals surface area (Å²) in [5.41, 5.74) is -0.500. The van der Waals surface area contributed by atoms with Gasteiger partial charge in [-0.3, -0.25) is 4.79 Å². The quantitative estimate of drug-likeness (QED) is 0.546. The van der Waals surface area contributed by atoms with Gasteiger partial charge in [-0.2, -0.15) is 13.2 Å². The number of alkyl halides is 3. The number of nitrogens with zero attached hydrogens (tertiary/aromatic N) is 2. The van der Waals surface area contributed by atoms with Crippen LogP contribution < -0.4 is 0 Å². The highest BCUT2D eigenvalue weighted by molar-refractivity contribution is 5.95. The van der Waals surface area contributed by atoms with Crippen molar-refractivity contribution in [1.29, 1.82) is 0 Å². The summed E-state index contributed by atoms with van der Waals surface area (Å²) in [6.07, 6.45) is -3.98. The number of likely N-dealkylation sites (N-methyl/N-ethyl adjacent to an activating group) is 1.